The van der Waals surface area contributed by atoms with Crippen molar-refractivity contribution in [1.29, 1.82) is 0 Å². The fourth-order valence-corrected chi connectivity index (χ4v) is 2.31. The van der Waals surface area contributed by atoms with Gasteiger partial charge in [-0.05, 0) is 23.6 Å². The third-order valence-corrected chi connectivity index (χ3v) is 3.00. The summed E-state index contributed by atoms with van der Waals surface area (Å²) in [4.78, 5) is 14.3. The molecule has 3 nitrogen and oxygen atoms in total. The zero-order chi connectivity index (χ0) is 8.84. The lowest BCUT2D eigenvalue weighted by atomic mass is 10.4. The molecule has 0 unspecified atom stereocenters. The fraction of sp³-hybridized carbons (Fsp3) is 0. The molecule has 3 aromatic rings. The van der Waals surface area contributed by atoms with Crippen LogP contribution in [0.1, 0.15) is 0 Å². The van der Waals surface area contributed by atoms with Gasteiger partial charge >= 0.3 is 0 Å². The maximum absolute atomic E-state index is 11.5. The Morgan fingerprint density at radius 1 is 1.38 bits per heavy atom. The third kappa shape index (κ3) is 0.805. The van der Waals surface area contributed by atoms with Crippen LogP contribution < -0.4 is 5.56 Å². The number of aromatic amines is 1. The van der Waals surface area contributed by atoms with E-state index in [2.05, 4.69) is 4.98 Å². The van der Waals surface area contributed by atoms with Crippen LogP contribution in [0.25, 0.3) is 15.9 Å². The molecule has 0 radical (unpaired) electrons. The SMILES string of the molecule is O=c1[nH]c2cccn2c2ccsc12. The lowest BCUT2D eigenvalue weighted by Crippen LogP contribution is -2.06. The van der Waals surface area contributed by atoms with E-state index in [1.54, 1.807) is 0 Å². The number of nitrogens with one attached hydrogen (secondary N) is 1. The quantitative estimate of drug-likeness (QED) is 0.577. The molecule has 0 atom stereocenters. The Balaban J connectivity index is 2.79. The molecule has 0 aliphatic rings. The summed E-state index contributed by atoms with van der Waals surface area (Å²) in [7, 11) is 0. The molecule has 1 N–H and O–H groups in total. The van der Waals surface area contributed by atoms with Crippen molar-refractivity contribution in [3.63, 3.8) is 0 Å². The van der Waals surface area contributed by atoms with Crippen LogP contribution in [-0.4, -0.2) is 9.38 Å². The maximum atomic E-state index is 11.5. The zero-order valence-electron chi connectivity index (χ0n) is 6.65. The summed E-state index contributed by atoms with van der Waals surface area (Å²) in [6.45, 7) is 0. The largest absolute Gasteiger partial charge is 0.307 e. The van der Waals surface area contributed by atoms with Crippen LogP contribution in [0.15, 0.2) is 34.6 Å². The van der Waals surface area contributed by atoms with Crippen molar-refractivity contribution in [3.8, 4) is 0 Å². The van der Waals surface area contributed by atoms with Gasteiger partial charge in [-0.3, -0.25) is 4.79 Å². The van der Waals surface area contributed by atoms with Gasteiger partial charge in [-0.2, -0.15) is 0 Å². The second kappa shape index (κ2) is 2.23. The fourth-order valence-electron chi connectivity index (χ4n) is 1.53. The Morgan fingerprint density at radius 2 is 2.31 bits per heavy atom. The Labute approximate surface area is 77.3 Å². The highest BCUT2D eigenvalue weighted by Crippen LogP contribution is 2.17. The van der Waals surface area contributed by atoms with Crippen LogP contribution in [-0.2, 0) is 0 Å². The summed E-state index contributed by atoms with van der Waals surface area (Å²) in [5.74, 6) is 0. The van der Waals surface area contributed by atoms with Crippen molar-refractivity contribution in [1.82, 2.24) is 9.38 Å². The highest BCUT2D eigenvalue weighted by molar-refractivity contribution is 7.17. The average molecular weight is 190 g/mol. The van der Waals surface area contributed by atoms with E-state index in [9.17, 15) is 4.79 Å². The van der Waals surface area contributed by atoms with Gasteiger partial charge < -0.3 is 9.38 Å². The van der Waals surface area contributed by atoms with Gasteiger partial charge in [0.25, 0.3) is 5.56 Å². The van der Waals surface area contributed by atoms with Crippen LogP contribution >= 0.6 is 11.3 Å². The molecular formula is C9H6N2OS. The first-order valence-electron chi connectivity index (χ1n) is 3.93. The van der Waals surface area contributed by atoms with E-state index in [1.807, 2.05) is 34.2 Å². The third-order valence-electron chi connectivity index (χ3n) is 2.10. The number of H-pyrrole nitrogens is 1. The van der Waals surface area contributed by atoms with Gasteiger partial charge in [0.05, 0.1) is 5.52 Å². The second-order valence-electron chi connectivity index (χ2n) is 2.85. The van der Waals surface area contributed by atoms with Crippen LogP contribution in [0.2, 0.25) is 0 Å². The van der Waals surface area contributed by atoms with Crippen LogP contribution in [0.5, 0.6) is 0 Å². The van der Waals surface area contributed by atoms with E-state index < -0.39 is 0 Å². The summed E-state index contributed by atoms with van der Waals surface area (Å²) < 4.78 is 2.76. The van der Waals surface area contributed by atoms with Crippen molar-refractivity contribution in [2.24, 2.45) is 0 Å². The molecule has 64 valence electrons. The van der Waals surface area contributed by atoms with Gasteiger partial charge in [-0.15, -0.1) is 11.3 Å². The molecule has 0 aliphatic heterocycles. The van der Waals surface area contributed by atoms with Crippen molar-refractivity contribution in [2.75, 3.05) is 0 Å². The molecule has 13 heavy (non-hydrogen) atoms. The number of aromatic nitrogens is 2. The van der Waals surface area contributed by atoms with Crippen molar-refractivity contribution in [2.45, 2.75) is 0 Å². The molecule has 0 aromatic carbocycles. The van der Waals surface area contributed by atoms with Gasteiger partial charge in [-0.1, -0.05) is 0 Å². The summed E-state index contributed by atoms with van der Waals surface area (Å²) in [6, 6.07) is 5.77. The number of fused-ring (bicyclic) bond motifs is 3. The first-order chi connectivity index (χ1) is 6.36. The van der Waals surface area contributed by atoms with E-state index in [-0.39, 0.29) is 5.56 Å². The van der Waals surface area contributed by atoms with E-state index in [0.717, 1.165) is 15.9 Å². The van der Waals surface area contributed by atoms with Crippen LogP contribution in [0.3, 0.4) is 0 Å². The first-order valence-corrected chi connectivity index (χ1v) is 4.81. The highest BCUT2D eigenvalue weighted by Gasteiger charge is 2.03. The summed E-state index contributed by atoms with van der Waals surface area (Å²) >= 11 is 1.47. The van der Waals surface area contributed by atoms with Crippen molar-refractivity contribution < 1.29 is 0 Å². The lowest BCUT2D eigenvalue weighted by Gasteiger charge is -1.95. The van der Waals surface area contributed by atoms with Gasteiger partial charge in [0, 0.05) is 6.20 Å². The van der Waals surface area contributed by atoms with Gasteiger partial charge in [0.2, 0.25) is 0 Å². The number of hydrogen-bond acceptors (Lipinski definition) is 2. The molecule has 0 bridgehead atoms. The van der Waals surface area contributed by atoms with Crippen molar-refractivity contribution >= 4 is 27.2 Å². The lowest BCUT2D eigenvalue weighted by molar-refractivity contribution is 1.18. The first kappa shape index (κ1) is 6.91. The van der Waals surface area contributed by atoms with Gasteiger partial charge in [-0.25, -0.2) is 0 Å². The zero-order valence-corrected chi connectivity index (χ0v) is 7.47. The van der Waals surface area contributed by atoms with E-state index in [1.165, 1.54) is 11.3 Å². The molecule has 3 rings (SSSR count). The minimum atomic E-state index is -0.00352. The molecule has 0 amide bonds. The Morgan fingerprint density at radius 3 is 3.23 bits per heavy atom. The Bertz CT molecular complexity index is 631. The molecule has 4 heteroatoms. The molecule has 3 aromatic heterocycles. The highest BCUT2D eigenvalue weighted by atomic mass is 32.1. The molecule has 3 heterocycles. The number of hydrogen-bond donors (Lipinski definition) is 1. The predicted octanol–water partition coefficient (Wildman–Crippen LogP) is 1.84. The topological polar surface area (TPSA) is 37.3 Å². The van der Waals surface area contributed by atoms with E-state index in [0.29, 0.717) is 0 Å². The average Bonchev–Trinajstić information content (AvgIpc) is 2.66. The van der Waals surface area contributed by atoms with E-state index in [4.69, 9.17) is 0 Å². The van der Waals surface area contributed by atoms with Crippen LogP contribution in [0.4, 0.5) is 0 Å². The number of nitrogens with zero attached hydrogens (tertiary/aromatic N) is 1. The second-order valence-corrected chi connectivity index (χ2v) is 3.77. The van der Waals surface area contributed by atoms with Gasteiger partial charge in [0.15, 0.2) is 0 Å². The summed E-state index contributed by atoms with van der Waals surface area (Å²) in [5.41, 5.74) is 1.82. The van der Waals surface area contributed by atoms with Crippen LogP contribution in [0, 0.1) is 0 Å². The van der Waals surface area contributed by atoms with Gasteiger partial charge in [0.1, 0.15) is 10.3 Å². The predicted molar refractivity (Wildman–Crippen MR) is 53.4 cm³/mol. The molecule has 0 spiro atoms. The summed E-state index contributed by atoms with van der Waals surface area (Å²) in [6.07, 6.45) is 1.94. The molecule has 0 fully saturated rings. The Kier molecular flexibility index (Phi) is 1.19. The normalized spacial score (nSPS) is 11.4. The molecule has 0 saturated heterocycles. The summed E-state index contributed by atoms with van der Waals surface area (Å²) in [5, 5.41) is 1.93. The smallest absolute Gasteiger partial charge is 0.269 e. The number of thiophene rings is 1. The van der Waals surface area contributed by atoms with Crippen molar-refractivity contribution in [3.05, 3.63) is 40.1 Å². The standard InChI is InChI=1S/C9H6N2OS/c12-9-8-6(3-5-13-8)11-4-1-2-7(11)10-9/h1-5H,(H,10,12). The monoisotopic (exact) mass is 190 g/mol. The Hall–Kier alpha value is -1.55. The molecule has 0 saturated carbocycles. The minimum Gasteiger partial charge on any atom is -0.307 e. The van der Waals surface area contributed by atoms with E-state index >= 15 is 0 Å². The number of rotatable bonds is 0. The molecule has 0 aliphatic carbocycles. The molecular weight excluding hydrogens is 184 g/mol. The maximum Gasteiger partial charge on any atom is 0.269 e. The minimum absolute atomic E-state index is 0.00352.